The van der Waals surface area contributed by atoms with E-state index in [-0.39, 0.29) is 0 Å². The van der Waals surface area contributed by atoms with Crippen molar-refractivity contribution in [2.24, 2.45) is 11.8 Å². The zero-order valence-electron chi connectivity index (χ0n) is 13.5. The molecule has 0 spiro atoms. The van der Waals surface area contributed by atoms with Crippen molar-refractivity contribution in [2.45, 2.75) is 65.3 Å². The summed E-state index contributed by atoms with van der Waals surface area (Å²) in [6.45, 7) is 7.90. The lowest BCUT2D eigenvalue weighted by atomic mass is 9.72. The first kappa shape index (κ1) is 15.6. The molecular formula is C19H31N. The highest BCUT2D eigenvalue weighted by Gasteiger charge is 2.30. The van der Waals surface area contributed by atoms with Crippen LogP contribution in [0.1, 0.15) is 57.1 Å². The van der Waals surface area contributed by atoms with Crippen LogP contribution in [0.25, 0.3) is 0 Å². The first-order valence-corrected chi connectivity index (χ1v) is 8.53. The highest BCUT2D eigenvalue weighted by atomic mass is 14.9. The number of benzene rings is 1. The van der Waals surface area contributed by atoms with Crippen molar-refractivity contribution in [3.05, 3.63) is 35.4 Å². The fourth-order valence-corrected chi connectivity index (χ4v) is 4.00. The maximum Gasteiger partial charge on any atom is 0.0138 e. The van der Waals surface area contributed by atoms with Crippen LogP contribution >= 0.6 is 0 Å². The largest absolute Gasteiger partial charge is 0.314 e. The zero-order chi connectivity index (χ0) is 14.4. The Morgan fingerprint density at radius 3 is 2.70 bits per heavy atom. The molecule has 0 aliphatic heterocycles. The number of likely N-dealkylation sites (N-methyl/N-ethyl adjacent to an activating group) is 1. The van der Waals surface area contributed by atoms with Crippen molar-refractivity contribution >= 4 is 0 Å². The van der Waals surface area contributed by atoms with Gasteiger partial charge in [0.2, 0.25) is 0 Å². The highest BCUT2D eigenvalue weighted by molar-refractivity contribution is 5.23. The normalized spacial score (nSPS) is 24.6. The minimum atomic E-state index is 0.659. The van der Waals surface area contributed by atoms with E-state index in [9.17, 15) is 0 Å². The van der Waals surface area contributed by atoms with E-state index in [0.29, 0.717) is 6.04 Å². The second-order valence-corrected chi connectivity index (χ2v) is 6.47. The van der Waals surface area contributed by atoms with Gasteiger partial charge < -0.3 is 5.32 Å². The molecule has 2 rings (SSSR count). The minimum absolute atomic E-state index is 0.659. The van der Waals surface area contributed by atoms with Gasteiger partial charge in [0, 0.05) is 6.04 Å². The van der Waals surface area contributed by atoms with Gasteiger partial charge in [-0.15, -0.1) is 0 Å². The second-order valence-electron chi connectivity index (χ2n) is 6.47. The van der Waals surface area contributed by atoms with Gasteiger partial charge in [0.1, 0.15) is 0 Å². The van der Waals surface area contributed by atoms with Gasteiger partial charge in [0.05, 0.1) is 0 Å². The van der Waals surface area contributed by atoms with Crippen LogP contribution in [-0.4, -0.2) is 12.6 Å². The summed E-state index contributed by atoms with van der Waals surface area (Å²) in [4.78, 5) is 0. The lowest BCUT2D eigenvalue weighted by Gasteiger charge is -2.37. The van der Waals surface area contributed by atoms with E-state index < -0.39 is 0 Å². The molecule has 1 aliphatic carbocycles. The van der Waals surface area contributed by atoms with E-state index in [1.54, 1.807) is 0 Å². The Morgan fingerprint density at radius 1 is 1.20 bits per heavy atom. The molecule has 0 saturated heterocycles. The quantitative estimate of drug-likeness (QED) is 0.790. The van der Waals surface area contributed by atoms with E-state index in [1.807, 2.05) is 0 Å². The fourth-order valence-electron chi connectivity index (χ4n) is 4.00. The Balaban J connectivity index is 2.09. The predicted octanol–water partition coefficient (Wildman–Crippen LogP) is 4.73. The van der Waals surface area contributed by atoms with Gasteiger partial charge in [0.15, 0.2) is 0 Å². The standard InChI is InChI=1S/C19H31N/c1-4-17-11-6-7-12-18(17)19(20-5-2)14-16-10-8-9-15(3)13-16/h8-10,13,17-20H,4-7,11-12,14H2,1-3H3. The summed E-state index contributed by atoms with van der Waals surface area (Å²) in [6, 6.07) is 9.70. The summed E-state index contributed by atoms with van der Waals surface area (Å²) in [7, 11) is 0. The molecule has 112 valence electrons. The number of nitrogens with one attached hydrogen (secondary N) is 1. The Hall–Kier alpha value is -0.820. The van der Waals surface area contributed by atoms with Crippen LogP contribution in [0.15, 0.2) is 24.3 Å². The maximum absolute atomic E-state index is 3.78. The van der Waals surface area contributed by atoms with Gasteiger partial charge in [0.25, 0.3) is 0 Å². The average molecular weight is 273 g/mol. The van der Waals surface area contributed by atoms with Crippen LogP contribution in [0.3, 0.4) is 0 Å². The molecule has 0 aromatic heterocycles. The number of hydrogen-bond donors (Lipinski definition) is 1. The van der Waals surface area contributed by atoms with Crippen molar-refractivity contribution in [1.29, 1.82) is 0 Å². The van der Waals surface area contributed by atoms with Gasteiger partial charge in [-0.3, -0.25) is 0 Å². The fraction of sp³-hybridized carbons (Fsp3) is 0.684. The van der Waals surface area contributed by atoms with Gasteiger partial charge >= 0.3 is 0 Å². The Bertz CT molecular complexity index is 399. The third-order valence-corrected chi connectivity index (χ3v) is 5.01. The molecular weight excluding hydrogens is 242 g/mol. The van der Waals surface area contributed by atoms with Crippen molar-refractivity contribution in [2.75, 3.05) is 6.54 Å². The van der Waals surface area contributed by atoms with Gasteiger partial charge in [-0.2, -0.15) is 0 Å². The van der Waals surface area contributed by atoms with Gasteiger partial charge in [-0.1, -0.05) is 69.4 Å². The summed E-state index contributed by atoms with van der Waals surface area (Å²) < 4.78 is 0. The molecule has 3 atom stereocenters. The van der Waals surface area contributed by atoms with Crippen LogP contribution in [-0.2, 0) is 6.42 Å². The smallest absolute Gasteiger partial charge is 0.0138 e. The third-order valence-electron chi connectivity index (χ3n) is 5.01. The van der Waals surface area contributed by atoms with Crippen LogP contribution in [0.4, 0.5) is 0 Å². The molecule has 3 unspecified atom stereocenters. The molecule has 0 bridgehead atoms. The molecule has 1 aromatic carbocycles. The number of hydrogen-bond acceptors (Lipinski definition) is 1. The summed E-state index contributed by atoms with van der Waals surface area (Å²) in [5, 5.41) is 3.78. The van der Waals surface area contributed by atoms with Crippen LogP contribution in [0.2, 0.25) is 0 Å². The lowest BCUT2D eigenvalue weighted by Crippen LogP contribution is -2.42. The zero-order valence-corrected chi connectivity index (χ0v) is 13.5. The molecule has 1 aliphatic rings. The van der Waals surface area contributed by atoms with Crippen molar-refractivity contribution in [3.8, 4) is 0 Å². The molecule has 0 heterocycles. The lowest BCUT2D eigenvalue weighted by molar-refractivity contribution is 0.175. The highest BCUT2D eigenvalue weighted by Crippen LogP contribution is 2.35. The van der Waals surface area contributed by atoms with E-state index in [4.69, 9.17) is 0 Å². The number of rotatable bonds is 6. The monoisotopic (exact) mass is 273 g/mol. The summed E-state index contributed by atoms with van der Waals surface area (Å²) in [5.74, 6) is 1.80. The van der Waals surface area contributed by atoms with Gasteiger partial charge in [-0.25, -0.2) is 0 Å². The molecule has 0 radical (unpaired) electrons. The van der Waals surface area contributed by atoms with Crippen LogP contribution < -0.4 is 5.32 Å². The topological polar surface area (TPSA) is 12.0 Å². The van der Waals surface area contributed by atoms with E-state index in [0.717, 1.165) is 18.4 Å². The van der Waals surface area contributed by atoms with E-state index in [2.05, 4.69) is 50.4 Å². The molecule has 20 heavy (non-hydrogen) atoms. The minimum Gasteiger partial charge on any atom is -0.314 e. The first-order valence-electron chi connectivity index (χ1n) is 8.53. The van der Waals surface area contributed by atoms with Crippen molar-refractivity contribution < 1.29 is 0 Å². The summed E-state index contributed by atoms with van der Waals surface area (Å²) in [5.41, 5.74) is 2.88. The van der Waals surface area contributed by atoms with Gasteiger partial charge in [-0.05, 0) is 43.7 Å². The molecule has 1 N–H and O–H groups in total. The van der Waals surface area contributed by atoms with Crippen molar-refractivity contribution in [3.63, 3.8) is 0 Å². The molecule has 1 saturated carbocycles. The predicted molar refractivity (Wildman–Crippen MR) is 88.1 cm³/mol. The number of aryl methyl sites for hydroxylation is 1. The third kappa shape index (κ3) is 4.09. The average Bonchev–Trinajstić information content (AvgIpc) is 2.47. The first-order chi connectivity index (χ1) is 9.74. The Labute approximate surface area is 125 Å². The second kappa shape index (κ2) is 7.83. The van der Waals surface area contributed by atoms with Crippen LogP contribution in [0.5, 0.6) is 0 Å². The summed E-state index contributed by atoms with van der Waals surface area (Å²) in [6.07, 6.45) is 8.27. The maximum atomic E-state index is 3.78. The Morgan fingerprint density at radius 2 is 2.00 bits per heavy atom. The molecule has 1 fully saturated rings. The van der Waals surface area contributed by atoms with E-state index >= 15 is 0 Å². The van der Waals surface area contributed by atoms with Crippen molar-refractivity contribution in [1.82, 2.24) is 5.32 Å². The summed E-state index contributed by atoms with van der Waals surface area (Å²) >= 11 is 0. The molecule has 1 aromatic rings. The molecule has 1 heteroatoms. The van der Waals surface area contributed by atoms with E-state index in [1.165, 1.54) is 49.7 Å². The molecule has 1 nitrogen and oxygen atoms in total. The van der Waals surface area contributed by atoms with Crippen LogP contribution in [0, 0.1) is 18.8 Å². The SMILES string of the molecule is CCNC(Cc1cccc(C)c1)C1CCCCC1CC. The molecule has 0 amide bonds. The Kier molecular flexibility index (Phi) is 6.09.